The van der Waals surface area contributed by atoms with Gasteiger partial charge in [0.15, 0.2) is 5.76 Å². The molecular weight excluding hydrogens is 373 g/mol. The van der Waals surface area contributed by atoms with E-state index in [9.17, 15) is 9.18 Å². The van der Waals surface area contributed by atoms with Crippen LogP contribution < -0.4 is 4.74 Å². The highest BCUT2D eigenvalue weighted by Gasteiger charge is 2.31. The molecule has 1 aromatic heterocycles. The second-order valence-electron chi connectivity index (χ2n) is 7.06. The minimum atomic E-state index is -0.322. The molecule has 2 heterocycles. The molecule has 2 aromatic carbocycles. The molecule has 2 atom stereocenters. The van der Waals surface area contributed by atoms with Gasteiger partial charge in [-0.05, 0) is 48.9 Å². The van der Waals surface area contributed by atoms with E-state index in [0.717, 1.165) is 5.56 Å². The highest BCUT2D eigenvalue weighted by molar-refractivity contribution is 5.91. The van der Waals surface area contributed by atoms with Crippen molar-refractivity contribution < 1.29 is 23.1 Å². The molecule has 2 unspecified atom stereocenters. The summed E-state index contributed by atoms with van der Waals surface area (Å²) in [7, 11) is 0. The lowest BCUT2D eigenvalue weighted by molar-refractivity contribution is -0.0697. The van der Waals surface area contributed by atoms with Crippen molar-refractivity contribution in [3.63, 3.8) is 0 Å². The predicted molar refractivity (Wildman–Crippen MR) is 105 cm³/mol. The van der Waals surface area contributed by atoms with Gasteiger partial charge in [-0.25, -0.2) is 4.39 Å². The number of hydrogen-bond donors (Lipinski definition) is 0. The van der Waals surface area contributed by atoms with Gasteiger partial charge in [-0.2, -0.15) is 0 Å². The molecule has 6 heteroatoms. The molecule has 150 valence electrons. The van der Waals surface area contributed by atoms with Gasteiger partial charge in [-0.15, -0.1) is 0 Å². The van der Waals surface area contributed by atoms with E-state index in [1.54, 1.807) is 29.2 Å². The standard InChI is InChI=1S/C23H22FNO4/c1-16-13-25(14-22(28-16)17-5-3-2-4-6-17)23(26)21-12-11-20(29-21)15-27-19-9-7-18(24)8-10-19/h2-12,16,22H,13-15H2,1H3. The largest absolute Gasteiger partial charge is 0.486 e. The van der Waals surface area contributed by atoms with Gasteiger partial charge in [-0.1, -0.05) is 30.3 Å². The maximum atomic E-state index is 13.0. The molecule has 5 nitrogen and oxygen atoms in total. The number of morpholine rings is 1. The molecule has 0 saturated carbocycles. The van der Waals surface area contributed by atoms with Gasteiger partial charge >= 0.3 is 0 Å². The molecule has 1 aliphatic rings. The maximum Gasteiger partial charge on any atom is 0.289 e. The van der Waals surface area contributed by atoms with Crippen molar-refractivity contribution in [3.05, 3.63) is 89.6 Å². The van der Waals surface area contributed by atoms with Crippen molar-refractivity contribution in [2.24, 2.45) is 0 Å². The first-order chi connectivity index (χ1) is 14.1. The minimum Gasteiger partial charge on any atom is -0.486 e. The number of benzene rings is 2. The molecule has 1 saturated heterocycles. The van der Waals surface area contributed by atoms with E-state index in [1.807, 2.05) is 37.3 Å². The molecule has 0 aliphatic carbocycles. The van der Waals surface area contributed by atoms with Crippen LogP contribution in [0.2, 0.25) is 0 Å². The Morgan fingerprint density at radius 2 is 1.83 bits per heavy atom. The molecule has 29 heavy (non-hydrogen) atoms. The predicted octanol–water partition coefficient (Wildman–Crippen LogP) is 4.60. The van der Waals surface area contributed by atoms with Crippen molar-refractivity contribution >= 4 is 5.91 Å². The first-order valence-corrected chi connectivity index (χ1v) is 9.55. The number of amides is 1. The van der Waals surface area contributed by atoms with Crippen LogP contribution in [0.3, 0.4) is 0 Å². The van der Waals surface area contributed by atoms with E-state index in [2.05, 4.69) is 0 Å². The van der Waals surface area contributed by atoms with Crippen LogP contribution in [-0.2, 0) is 11.3 Å². The average molecular weight is 395 g/mol. The summed E-state index contributed by atoms with van der Waals surface area (Å²) in [5.74, 6) is 0.830. The van der Waals surface area contributed by atoms with Crippen LogP contribution in [0.25, 0.3) is 0 Å². The van der Waals surface area contributed by atoms with E-state index in [0.29, 0.717) is 24.6 Å². The number of furan rings is 1. The van der Waals surface area contributed by atoms with E-state index < -0.39 is 0 Å². The van der Waals surface area contributed by atoms with Crippen LogP contribution in [0.1, 0.15) is 34.9 Å². The Morgan fingerprint density at radius 3 is 2.59 bits per heavy atom. The SMILES string of the molecule is CC1CN(C(=O)c2ccc(COc3ccc(F)cc3)o2)CC(c2ccccc2)O1. The van der Waals surface area contributed by atoms with E-state index in [1.165, 1.54) is 12.1 Å². The Hall–Kier alpha value is -3.12. The number of carbonyl (C=O) groups excluding carboxylic acids is 1. The third kappa shape index (κ3) is 4.66. The average Bonchev–Trinajstić information content (AvgIpc) is 3.22. The monoisotopic (exact) mass is 395 g/mol. The summed E-state index contributed by atoms with van der Waals surface area (Å²) in [5, 5.41) is 0. The summed E-state index contributed by atoms with van der Waals surface area (Å²) in [6.45, 7) is 3.09. The molecule has 3 aromatic rings. The molecule has 0 radical (unpaired) electrons. The lowest BCUT2D eigenvalue weighted by atomic mass is 10.1. The summed E-state index contributed by atoms with van der Waals surface area (Å²) >= 11 is 0. The fraction of sp³-hybridized carbons (Fsp3) is 0.261. The molecule has 0 N–H and O–H groups in total. The van der Waals surface area contributed by atoms with Gasteiger partial charge in [-0.3, -0.25) is 4.79 Å². The first-order valence-electron chi connectivity index (χ1n) is 9.55. The van der Waals surface area contributed by atoms with Crippen molar-refractivity contribution in [3.8, 4) is 5.75 Å². The summed E-state index contributed by atoms with van der Waals surface area (Å²) in [4.78, 5) is 14.7. The number of hydrogen-bond acceptors (Lipinski definition) is 4. The summed E-state index contributed by atoms with van der Waals surface area (Å²) < 4.78 is 30.2. The Balaban J connectivity index is 1.40. The van der Waals surface area contributed by atoms with Gasteiger partial charge in [0.1, 0.15) is 30.0 Å². The van der Waals surface area contributed by atoms with E-state index in [-0.39, 0.29) is 36.3 Å². The number of carbonyl (C=O) groups is 1. The Labute approximate surface area is 168 Å². The van der Waals surface area contributed by atoms with Crippen molar-refractivity contribution in [1.29, 1.82) is 0 Å². The molecule has 0 bridgehead atoms. The molecule has 1 fully saturated rings. The van der Waals surface area contributed by atoms with Crippen LogP contribution in [0, 0.1) is 5.82 Å². The zero-order valence-electron chi connectivity index (χ0n) is 16.1. The van der Waals surface area contributed by atoms with Crippen LogP contribution >= 0.6 is 0 Å². The number of rotatable bonds is 5. The quantitative estimate of drug-likeness (QED) is 0.634. The summed E-state index contributed by atoms with van der Waals surface area (Å²) in [6.07, 6.45) is -0.241. The number of nitrogens with zero attached hydrogens (tertiary/aromatic N) is 1. The normalized spacial score (nSPS) is 19.2. The Morgan fingerprint density at radius 1 is 1.07 bits per heavy atom. The Bertz CT molecular complexity index is 955. The topological polar surface area (TPSA) is 51.9 Å². The maximum absolute atomic E-state index is 13.0. The van der Waals surface area contributed by atoms with Crippen LogP contribution in [0.4, 0.5) is 4.39 Å². The van der Waals surface area contributed by atoms with Crippen LogP contribution in [0.5, 0.6) is 5.75 Å². The highest BCUT2D eigenvalue weighted by atomic mass is 19.1. The van der Waals surface area contributed by atoms with Gasteiger partial charge in [0.2, 0.25) is 0 Å². The zero-order chi connectivity index (χ0) is 20.2. The second kappa shape index (κ2) is 8.49. The lowest BCUT2D eigenvalue weighted by Crippen LogP contribution is -2.45. The van der Waals surface area contributed by atoms with Gasteiger partial charge in [0.05, 0.1) is 12.6 Å². The van der Waals surface area contributed by atoms with Gasteiger partial charge < -0.3 is 18.8 Å². The second-order valence-corrected chi connectivity index (χ2v) is 7.06. The van der Waals surface area contributed by atoms with E-state index in [4.69, 9.17) is 13.9 Å². The minimum absolute atomic E-state index is 0.0749. The molecular formula is C23H22FNO4. The highest BCUT2D eigenvalue weighted by Crippen LogP contribution is 2.26. The van der Waals surface area contributed by atoms with Crippen molar-refractivity contribution in [1.82, 2.24) is 4.90 Å². The van der Waals surface area contributed by atoms with Crippen LogP contribution in [0.15, 0.2) is 71.1 Å². The molecule has 1 aliphatic heterocycles. The first kappa shape index (κ1) is 19.2. The molecule has 4 rings (SSSR count). The Kier molecular flexibility index (Phi) is 5.62. The fourth-order valence-electron chi connectivity index (χ4n) is 3.38. The third-order valence-electron chi connectivity index (χ3n) is 4.79. The molecule has 0 spiro atoms. The number of ether oxygens (including phenoxy) is 2. The van der Waals surface area contributed by atoms with Gasteiger partial charge in [0, 0.05) is 6.54 Å². The fourth-order valence-corrected chi connectivity index (χ4v) is 3.38. The zero-order valence-corrected chi connectivity index (χ0v) is 16.1. The summed E-state index contributed by atoms with van der Waals surface area (Å²) in [6, 6.07) is 19.0. The summed E-state index contributed by atoms with van der Waals surface area (Å²) in [5.41, 5.74) is 1.05. The smallest absolute Gasteiger partial charge is 0.289 e. The lowest BCUT2D eigenvalue weighted by Gasteiger charge is -2.36. The van der Waals surface area contributed by atoms with E-state index >= 15 is 0 Å². The van der Waals surface area contributed by atoms with Gasteiger partial charge in [0.25, 0.3) is 5.91 Å². The third-order valence-corrected chi connectivity index (χ3v) is 4.79. The van der Waals surface area contributed by atoms with Crippen LogP contribution in [-0.4, -0.2) is 30.0 Å². The number of halogens is 1. The van der Waals surface area contributed by atoms with Crippen molar-refractivity contribution in [2.45, 2.75) is 25.7 Å². The molecule has 1 amide bonds. The van der Waals surface area contributed by atoms with Crippen molar-refractivity contribution in [2.75, 3.05) is 13.1 Å².